The predicted molar refractivity (Wildman–Crippen MR) is 75.1 cm³/mol. The van der Waals surface area contributed by atoms with E-state index < -0.39 is 0 Å². The van der Waals surface area contributed by atoms with Crippen molar-refractivity contribution in [3.8, 4) is 0 Å². The second kappa shape index (κ2) is 7.34. The van der Waals surface area contributed by atoms with E-state index in [0.717, 1.165) is 6.54 Å². The van der Waals surface area contributed by atoms with E-state index in [1.54, 1.807) is 7.11 Å². The van der Waals surface area contributed by atoms with Crippen molar-refractivity contribution in [1.29, 1.82) is 0 Å². The number of hydrogen-bond donors (Lipinski definition) is 2. The molecular weight excluding hydrogens is 212 g/mol. The lowest BCUT2D eigenvalue weighted by atomic mass is 9.84. The normalized spacial score (nSPS) is 17.8. The summed E-state index contributed by atoms with van der Waals surface area (Å²) in [4.78, 5) is 0. The SMILES string of the molecule is COC(C)C(C)(CN)NCC(C(C)C)C(C)C. The Labute approximate surface area is 107 Å². The quantitative estimate of drug-likeness (QED) is 0.688. The van der Waals surface area contributed by atoms with Crippen molar-refractivity contribution in [2.75, 3.05) is 20.2 Å². The van der Waals surface area contributed by atoms with E-state index in [9.17, 15) is 0 Å². The second-order valence-electron chi connectivity index (χ2n) is 6.03. The molecule has 3 heteroatoms. The van der Waals surface area contributed by atoms with Crippen LogP contribution in [-0.4, -0.2) is 31.8 Å². The molecule has 0 heterocycles. The largest absolute Gasteiger partial charge is 0.380 e. The van der Waals surface area contributed by atoms with Gasteiger partial charge in [-0.15, -0.1) is 0 Å². The van der Waals surface area contributed by atoms with Gasteiger partial charge < -0.3 is 15.8 Å². The summed E-state index contributed by atoms with van der Waals surface area (Å²) in [5.74, 6) is 2.04. The lowest BCUT2D eigenvalue weighted by Crippen LogP contribution is -2.58. The van der Waals surface area contributed by atoms with Crippen LogP contribution in [0.4, 0.5) is 0 Å². The van der Waals surface area contributed by atoms with Gasteiger partial charge >= 0.3 is 0 Å². The summed E-state index contributed by atoms with van der Waals surface area (Å²) in [6.45, 7) is 14.9. The van der Waals surface area contributed by atoms with Crippen LogP contribution in [0.1, 0.15) is 41.5 Å². The van der Waals surface area contributed by atoms with Crippen LogP contribution in [0.2, 0.25) is 0 Å². The number of ether oxygens (including phenoxy) is 1. The van der Waals surface area contributed by atoms with Crippen molar-refractivity contribution in [3.05, 3.63) is 0 Å². The van der Waals surface area contributed by atoms with E-state index in [0.29, 0.717) is 24.3 Å². The Balaban J connectivity index is 4.49. The summed E-state index contributed by atoms with van der Waals surface area (Å²) in [5.41, 5.74) is 5.74. The lowest BCUT2D eigenvalue weighted by Gasteiger charge is -2.37. The highest BCUT2D eigenvalue weighted by Gasteiger charge is 2.31. The maximum absolute atomic E-state index is 5.88. The molecule has 17 heavy (non-hydrogen) atoms. The Morgan fingerprint density at radius 3 is 1.88 bits per heavy atom. The first kappa shape index (κ1) is 16.9. The van der Waals surface area contributed by atoms with Crippen molar-refractivity contribution in [3.63, 3.8) is 0 Å². The van der Waals surface area contributed by atoms with Crippen molar-refractivity contribution < 1.29 is 4.74 Å². The zero-order valence-electron chi connectivity index (χ0n) is 12.7. The molecule has 2 unspecified atom stereocenters. The van der Waals surface area contributed by atoms with E-state index in [-0.39, 0.29) is 11.6 Å². The minimum atomic E-state index is -0.142. The van der Waals surface area contributed by atoms with Gasteiger partial charge in [-0.3, -0.25) is 0 Å². The number of hydrogen-bond acceptors (Lipinski definition) is 3. The standard InChI is InChI=1S/C14H32N2O/c1-10(2)13(11(3)4)8-16-14(6,9-15)12(5)17-7/h10-13,16H,8-9,15H2,1-7H3. The molecule has 0 aliphatic rings. The molecule has 104 valence electrons. The van der Waals surface area contributed by atoms with Crippen LogP contribution in [0.15, 0.2) is 0 Å². The van der Waals surface area contributed by atoms with Gasteiger partial charge in [-0.2, -0.15) is 0 Å². The van der Waals surface area contributed by atoms with Gasteiger partial charge in [0.2, 0.25) is 0 Å². The lowest BCUT2D eigenvalue weighted by molar-refractivity contribution is 0.0373. The fourth-order valence-corrected chi connectivity index (χ4v) is 2.23. The zero-order valence-corrected chi connectivity index (χ0v) is 12.7. The molecular formula is C14H32N2O. The third kappa shape index (κ3) is 4.94. The van der Waals surface area contributed by atoms with E-state index in [4.69, 9.17) is 10.5 Å². The molecule has 2 atom stereocenters. The average Bonchev–Trinajstić information content (AvgIpc) is 2.26. The van der Waals surface area contributed by atoms with Crippen LogP contribution in [0.5, 0.6) is 0 Å². The predicted octanol–water partition coefficient (Wildman–Crippen LogP) is 2.26. The molecule has 3 nitrogen and oxygen atoms in total. The van der Waals surface area contributed by atoms with Gasteiger partial charge in [0.1, 0.15) is 0 Å². The topological polar surface area (TPSA) is 47.3 Å². The van der Waals surface area contributed by atoms with Gasteiger partial charge in [0.05, 0.1) is 11.6 Å². The van der Waals surface area contributed by atoms with Gasteiger partial charge in [-0.05, 0) is 38.1 Å². The molecule has 3 N–H and O–H groups in total. The molecule has 0 aromatic carbocycles. The van der Waals surface area contributed by atoms with Gasteiger partial charge in [0.15, 0.2) is 0 Å². The van der Waals surface area contributed by atoms with Gasteiger partial charge in [0, 0.05) is 13.7 Å². The van der Waals surface area contributed by atoms with Gasteiger partial charge in [-0.1, -0.05) is 27.7 Å². The number of methoxy groups -OCH3 is 1. The molecule has 0 aliphatic carbocycles. The second-order valence-corrected chi connectivity index (χ2v) is 6.03. The molecule has 0 aliphatic heterocycles. The first-order valence-electron chi connectivity index (χ1n) is 6.76. The molecule has 0 bridgehead atoms. The van der Waals surface area contributed by atoms with Crippen molar-refractivity contribution in [1.82, 2.24) is 5.32 Å². The first-order valence-corrected chi connectivity index (χ1v) is 6.76. The van der Waals surface area contributed by atoms with Crippen molar-refractivity contribution in [2.24, 2.45) is 23.5 Å². The Morgan fingerprint density at radius 2 is 1.59 bits per heavy atom. The summed E-state index contributed by atoms with van der Waals surface area (Å²) >= 11 is 0. The van der Waals surface area contributed by atoms with E-state index in [1.807, 2.05) is 0 Å². The monoisotopic (exact) mass is 244 g/mol. The molecule has 0 rings (SSSR count). The number of rotatable bonds is 8. The molecule has 0 aromatic rings. The van der Waals surface area contributed by atoms with Crippen LogP contribution in [0, 0.1) is 17.8 Å². The molecule has 0 saturated carbocycles. The zero-order chi connectivity index (χ0) is 13.6. The van der Waals surface area contributed by atoms with E-state index in [1.165, 1.54) is 0 Å². The molecule has 0 spiro atoms. The van der Waals surface area contributed by atoms with E-state index in [2.05, 4.69) is 46.9 Å². The smallest absolute Gasteiger partial charge is 0.0734 e. The number of nitrogens with two attached hydrogens (primary N) is 1. The molecule has 0 fully saturated rings. The fourth-order valence-electron chi connectivity index (χ4n) is 2.23. The Hall–Kier alpha value is -0.120. The van der Waals surface area contributed by atoms with Gasteiger partial charge in [-0.25, -0.2) is 0 Å². The van der Waals surface area contributed by atoms with Crippen LogP contribution in [0.3, 0.4) is 0 Å². The summed E-state index contributed by atoms with van der Waals surface area (Å²) in [6, 6.07) is 0. The van der Waals surface area contributed by atoms with Crippen LogP contribution in [0.25, 0.3) is 0 Å². The highest BCUT2D eigenvalue weighted by Crippen LogP contribution is 2.21. The maximum Gasteiger partial charge on any atom is 0.0734 e. The summed E-state index contributed by atoms with van der Waals surface area (Å²) < 4.78 is 5.42. The van der Waals surface area contributed by atoms with E-state index >= 15 is 0 Å². The average molecular weight is 244 g/mol. The molecule has 0 saturated heterocycles. The summed E-state index contributed by atoms with van der Waals surface area (Å²) in [6.07, 6.45) is 0.118. The van der Waals surface area contributed by atoms with Gasteiger partial charge in [0.25, 0.3) is 0 Å². The Morgan fingerprint density at radius 1 is 1.12 bits per heavy atom. The van der Waals surface area contributed by atoms with Crippen LogP contribution in [-0.2, 0) is 4.74 Å². The Kier molecular flexibility index (Phi) is 7.29. The third-order valence-corrected chi connectivity index (χ3v) is 4.13. The van der Waals surface area contributed by atoms with Crippen LogP contribution >= 0.6 is 0 Å². The molecule has 0 amide bonds. The molecule has 0 radical (unpaired) electrons. The highest BCUT2D eigenvalue weighted by atomic mass is 16.5. The minimum Gasteiger partial charge on any atom is -0.380 e. The minimum absolute atomic E-state index is 0.118. The number of nitrogens with one attached hydrogen (secondary N) is 1. The van der Waals surface area contributed by atoms with Crippen molar-refractivity contribution >= 4 is 0 Å². The highest BCUT2D eigenvalue weighted by molar-refractivity contribution is 4.91. The fraction of sp³-hybridized carbons (Fsp3) is 1.00. The molecule has 0 aromatic heterocycles. The van der Waals surface area contributed by atoms with Crippen molar-refractivity contribution in [2.45, 2.75) is 53.2 Å². The van der Waals surface area contributed by atoms with Crippen LogP contribution < -0.4 is 11.1 Å². The summed E-state index contributed by atoms with van der Waals surface area (Å²) in [5, 5.41) is 3.61. The third-order valence-electron chi connectivity index (χ3n) is 4.13. The maximum atomic E-state index is 5.88. The first-order chi connectivity index (χ1) is 7.78. The Bertz CT molecular complexity index is 198. The summed E-state index contributed by atoms with van der Waals surface area (Å²) in [7, 11) is 1.74.